The summed E-state index contributed by atoms with van der Waals surface area (Å²) in [6.45, 7) is 4.95. The average molecular weight is 313 g/mol. The lowest BCUT2D eigenvalue weighted by Gasteiger charge is -2.20. The number of methoxy groups -OCH3 is 1. The molecule has 0 aliphatic heterocycles. The Balaban J connectivity index is 3.05. The van der Waals surface area contributed by atoms with Crippen LogP contribution in [-0.2, 0) is 14.3 Å². The molecule has 0 heterocycles. The minimum Gasteiger partial charge on any atom is -0.464 e. The average Bonchev–Trinajstić information content (AvgIpc) is 2.33. The molecular weight excluding hydrogens is 296 g/mol. The number of hydrogen-bond acceptors (Lipinski definition) is 4. The van der Waals surface area contributed by atoms with E-state index in [4.69, 9.17) is 4.74 Å². The van der Waals surface area contributed by atoms with Crippen molar-refractivity contribution in [2.24, 2.45) is 0 Å². The molecule has 1 aromatic carbocycles. The lowest BCUT2D eigenvalue weighted by atomic mass is 10.2. The Kier molecular flexibility index (Phi) is 5.62. The topological polar surface area (TPSA) is 64.6 Å². The van der Waals surface area contributed by atoms with E-state index in [9.17, 15) is 18.4 Å². The molecule has 0 spiro atoms. The summed E-state index contributed by atoms with van der Waals surface area (Å²) in [5.41, 5.74) is -1.02. The van der Waals surface area contributed by atoms with Gasteiger partial charge in [-0.15, -0.1) is 0 Å². The standard InChI is InChI=1S/C15H17F2NO4/c1-15(2,3)22-14(20)18-12(13(19)21-4)7-9-5-10(16)8-11(17)6-9/h5-8H,1-4H3,(H,18,20)/b12-7+. The van der Waals surface area contributed by atoms with Crippen LogP contribution in [0.3, 0.4) is 0 Å². The molecule has 0 radical (unpaired) electrons. The van der Waals surface area contributed by atoms with Crippen LogP contribution in [-0.4, -0.2) is 24.8 Å². The summed E-state index contributed by atoms with van der Waals surface area (Å²) in [4.78, 5) is 23.3. The van der Waals surface area contributed by atoms with Gasteiger partial charge in [0, 0.05) is 6.07 Å². The number of rotatable bonds is 3. The number of carbonyl (C=O) groups is 2. The van der Waals surface area contributed by atoms with Crippen molar-refractivity contribution in [3.63, 3.8) is 0 Å². The molecule has 1 amide bonds. The number of amides is 1. The molecule has 0 aromatic heterocycles. The molecular formula is C15H17F2NO4. The fourth-order valence-corrected chi connectivity index (χ4v) is 1.49. The van der Waals surface area contributed by atoms with Crippen LogP contribution in [0, 0.1) is 11.6 Å². The van der Waals surface area contributed by atoms with Gasteiger partial charge in [0.15, 0.2) is 0 Å². The Labute approximate surface area is 126 Å². The molecule has 0 saturated carbocycles. The zero-order valence-corrected chi connectivity index (χ0v) is 12.7. The number of ether oxygens (including phenoxy) is 2. The Hall–Kier alpha value is -2.44. The van der Waals surface area contributed by atoms with Crippen LogP contribution < -0.4 is 5.32 Å². The minimum absolute atomic E-state index is 0.0500. The van der Waals surface area contributed by atoms with E-state index < -0.39 is 29.3 Å². The molecule has 0 bridgehead atoms. The van der Waals surface area contributed by atoms with Crippen LogP contribution in [0.1, 0.15) is 26.3 Å². The predicted octanol–water partition coefficient (Wildman–Crippen LogP) is 3.00. The van der Waals surface area contributed by atoms with Crippen LogP contribution in [0.5, 0.6) is 0 Å². The molecule has 0 aliphatic rings. The van der Waals surface area contributed by atoms with Gasteiger partial charge in [-0.2, -0.15) is 0 Å². The van der Waals surface area contributed by atoms with E-state index >= 15 is 0 Å². The highest BCUT2D eigenvalue weighted by Gasteiger charge is 2.20. The third-order valence-electron chi connectivity index (χ3n) is 2.24. The lowest BCUT2D eigenvalue weighted by molar-refractivity contribution is -0.136. The Morgan fingerprint density at radius 1 is 1.14 bits per heavy atom. The maximum absolute atomic E-state index is 13.1. The highest BCUT2D eigenvalue weighted by Crippen LogP contribution is 2.13. The number of benzene rings is 1. The van der Waals surface area contributed by atoms with E-state index in [1.165, 1.54) is 0 Å². The number of carbonyl (C=O) groups excluding carboxylic acids is 2. The van der Waals surface area contributed by atoms with Gasteiger partial charge in [-0.1, -0.05) is 0 Å². The monoisotopic (exact) mass is 313 g/mol. The molecule has 7 heteroatoms. The Morgan fingerprint density at radius 2 is 1.68 bits per heavy atom. The molecule has 120 valence electrons. The molecule has 0 fully saturated rings. The van der Waals surface area contributed by atoms with Crippen LogP contribution in [0.15, 0.2) is 23.9 Å². The number of nitrogens with one attached hydrogen (secondary N) is 1. The molecule has 1 aromatic rings. The van der Waals surface area contributed by atoms with Crippen LogP contribution in [0.25, 0.3) is 6.08 Å². The van der Waals surface area contributed by atoms with Gasteiger partial charge in [-0.25, -0.2) is 18.4 Å². The summed E-state index contributed by atoms with van der Waals surface area (Å²) < 4.78 is 35.8. The first-order chi connectivity index (χ1) is 10.1. The van der Waals surface area contributed by atoms with E-state index in [1.807, 2.05) is 0 Å². The van der Waals surface area contributed by atoms with E-state index in [1.54, 1.807) is 20.8 Å². The first-order valence-electron chi connectivity index (χ1n) is 6.37. The summed E-state index contributed by atoms with van der Waals surface area (Å²) in [7, 11) is 1.11. The number of esters is 1. The Morgan fingerprint density at radius 3 is 2.14 bits per heavy atom. The van der Waals surface area contributed by atoms with Crippen molar-refractivity contribution in [2.45, 2.75) is 26.4 Å². The second kappa shape index (κ2) is 7.02. The summed E-state index contributed by atoms with van der Waals surface area (Å²) in [5, 5.41) is 2.19. The van der Waals surface area contributed by atoms with Crippen molar-refractivity contribution in [3.05, 3.63) is 41.1 Å². The van der Waals surface area contributed by atoms with E-state index in [0.29, 0.717) is 6.07 Å². The number of halogens is 2. The van der Waals surface area contributed by atoms with Gasteiger partial charge >= 0.3 is 12.1 Å². The molecule has 5 nitrogen and oxygen atoms in total. The molecule has 22 heavy (non-hydrogen) atoms. The highest BCUT2D eigenvalue weighted by atomic mass is 19.1. The van der Waals surface area contributed by atoms with Gasteiger partial charge in [0.25, 0.3) is 0 Å². The normalized spacial score (nSPS) is 11.8. The fourth-order valence-electron chi connectivity index (χ4n) is 1.49. The molecule has 0 saturated heterocycles. The van der Waals surface area contributed by atoms with Crippen LogP contribution in [0.2, 0.25) is 0 Å². The van der Waals surface area contributed by atoms with Gasteiger partial charge < -0.3 is 9.47 Å². The minimum atomic E-state index is -0.888. The zero-order valence-electron chi connectivity index (χ0n) is 12.7. The first kappa shape index (κ1) is 17.6. The van der Waals surface area contributed by atoms with Crippen molar-refractivity contribution in [3.8, 4) is 0 Å². The molecule has 1 rings (SSSR count). The van der Waals surface area contributed by atoms with E-state index in [0.717, 1.165) is 25.3 Å². The third-order valence-corrected chi connectivity index (χ3v) is 2.24. The largest absolute Gasteiger partial charge is 0.464 e. The number of hydrogen-bond donors (Lipinski definition) is 1. The molecule has 1 N–H and O–H groups in total. The summed E-state index contributed by atoms with van der Waals surface area (Å²) in [6.07, 6.45) is 0.197. The van der Waals surface area contributed by atoms with Crippen molar-refractivity contribution >= 4 is 18.1 Å². The molecule has 0 aliphatic carbocycles. The van der Waals surface area contributed by atoms with Crippen molar-refractivity contribution in [1.29, 1.82) is 0 Å². The zero-order chi connectivity index (χ0) is 16.9. The van der Waals surface area contributed by atoms with Crippen molar-refractivity contribution in [2.75, 3.05) is 7.11 Å². The van der Waals surface area contributed by atoms with Gasteiger partial charge in [-0.3, -0.25) is 5.32 Å². The summed E-state index contributed by atoms with van der Waals surface area (Å²) in [6, 6.07) is 2.70. The summed E-state index contributed by atoms with van der Waals surface area (Å²) in [5.74, 6) is -2.50. The molecule has 0 unspecified atom stereocenters. The second-order valence-corrected chi connectivity index (χ2v) is 5.38. The molecule has 0 atom stereocenters. The quantitative estimate of drug-likeness (QED) is 0.688. The van der Waals surface area contributed by atoms with Crippen LogP contribution in [0.4, 0.5) is 13.6 Å². The van der Waals surface area contributed by atoms with Gasteiger partial charge in [0.1, 0.15) is 22.9 Å². The maximum atomic E-state index is 13.1. The lowest BCUT2D eigenvalue weighted by Crippen LogP contribution is -2.34. The second-order valence-electron chi connectivity index (χ2n) is 5.38. The van der Waals surface area contributed by atoms with Crippen molar-refractivity contribution < 1.29 is 27.8 Å². The van der Waals surface area contributed by atoms with Gasteiger partial charge in [0.05, 0.1) is 7.11 Å². The van der Waals surface area contributed by atoms with Gasteiger partial charge in [0.2, 0.25) is 0 Å². The predicted molar refractivity (Wildman–Crippen MR) is 75.7 cm³/mol. The first-order valence-corrected chi connectivity index (χ1v) is 6.37. The fraction of sp³-hybridized carbons (Fsp3) is 0.333. The third kappa shape index (κ3) is 5.90. The Bertz CT molecular complexity index is 586. The van der Waals surface area contributed by atoms with E-state index in [-0.39, 0.29) is 11.3 Å². The highest BCUT2D eigenvalue weighted by molar-refractivity contribution is 5.96. The summed E-state index contributed by atoms with van der Waals surface area (Å²) >= 11 is 0. The smallest absolute Gasteiger partial charge is 0.412 e. The van der Waals surface area contributed by atoms with Crippen LogP contribution >= 0.6 is 0 Å². The van der Waals surface area contributed by atoms with Crippen molar-refractivity contribution in [1.82, 2.24) is 5.32 Å². The maximum Gasteiger partial charge on any atom is 0.412 e. The number of alkyl carbamates (subject to hydrolysis) is 1. The van der Waals surface area contributed by atoms with Gasteiger partial charge in [-0.05, 0) is 44.5 Å². The van der Waals surface area contributed by atoms with E-state index in [2.05, 4.69) is 10.1 Å². The SMILES string of the molecule is COC(=O)/C(=C\c1cc(F)cc(F)c1)NC(=O)OC(C)(C)C.